The van der Waals surface area contributed by atoms with E-state index in [2.05, 4.69) is 29.2 Å². The molecule has 0 saturated heterocycles. The Morgan fingerprint density at radius 3 is 2.39 bits per heavy atom. The maximum absolute atomic E-state index is 6.23. The topological polar surface area (TPSA) is 38.9 Å². The lowest BCUT2D eigenvalue weighted by atomic mass is 9.80. The first-order chi connectivity index (χ1) is 8.84. The number of hydrogen-bond acceptors (Lipinski definition) is 2. The van der Waals surface area contributed by atoms with E-state index in [9.17, 15) is 0 Å². The molecule has 18 heavy (non-hydrogen) atoms. The third kappa shape index (κ3) is 2.16. The Hall–Kier alpha value is -1.67. The van der Waals surface area contributed by atoms with Gasteiger partial charge in [-0.1, -0.05) is 36.8 Å². The second-order valence-corrected chi connectivity index (χ2v) is 5.03. The predicted octanol–water partition coefficient (Wildman–Crippen LogP) is 3.40. The molecule has 1 heterocycles. The third-order valence-corrected chi connectivity index (χ3v) is 3.88. The van der Waals surface area contributed by atoms with E-state index in [-0.39, 0.29) is 6.04 Å². The Kier molecular flexibility index (Phi) is 3.11. The Labute approximate surface area is 108 Å². The molecule has 1 atom stereocenters. The highest BCUT2D eigenvalue weighted by atomic mass is 14.8. The molecule has 1 saturated carbocycles. The van der Waals surface area contributed by atoms with Crippen LogP contribution in [0.25, 0.3) is 0 Å². The maximum atomic E-state index is 6.23. The van der Waals surface area contributed by atoms with Gasteiger partial charge in [-0.25, -0.2) is 0 Å². The molecular weight excluding hydrogens is 220 g/mol. The SMILES string of the molecule is NC(c1ccc(C2CCC2)cc1)c1ccccn1. The molecule has 2 nitrogen and oxygen atoms in total. The van der Waals surface area contributed by atoms with Gasteiger partial charge in [-0.05, 0) is 42.0 Å². The molecular formula is C16H18N2. The summed E-state index contributed by atoms with van der Waals surface area (Å²) in [6.07, 6.45) is 5.84. The molecule has 2 aromatic rings. The monoisotopic (exact) mass is 238 g/mol. The van der Waals surface area contributed by atoms with Gasteiger partial charge in [-0.2, -0.15) is 0 Å². The van der Waals surface area contributed by atoms with Crippen LogP contribution in [-0.2, 0) is 0 Å². The molecule has 1 fully saturated rings. The second kappa shape index (κ2) is 4.91. The summed E-state index contributed by atoms with van der Waals surface area (Å²) in [7, 11) is 0. The molecule has 0 aliphatic heterocycles. The van der Waals surface area contributed by atoms with Crippen molar-refractivity contribution < 1.29 is 0 Å². The molecule has 1 aliphatic carbocycles. The lowest BCUT2D eigenvalue weighted by Gasteiger charge is -2.26. The van der Waals surface area contributed by atoms with Gasteiger partial charge in [0.05, 0.1) is 11.7 Å². The quantitative estimate of drug-likeness (QED) is 0.890. The number of aromatic nitrogens is 1. The zero-order valence-electron chi connectivity index (χ0n) is 10.4. The van der Waals surface area contributed by atoms with Gasteiger partial charge >= 0.3 is 0 Å². The van der Waals surface area contributed by atoms with E-state index in [1.807, 2.05) is 18.2 Å². The van der Waals surface area contributed by atoms with Crippen LogP contribution in [0.2, 0.25) is 0 Å². The van der Waals surface area contributed by atoms with Crippen LogP contribution in [0, 0.1) is 0 Å². The van der Waals surface area contributed by atoms with Gasteiger partial charge in [0.2, 0.25) is 0 Å². The summed E-state index contributed by atoms with van der Waals surface area (Å²) in [5, 5.41) is 0. The van der Waals surface area contributed by atoms with E-state index in [1.165, 1.54) is 24.8 Å². The van der Waals surface area contributed by atoms with Crippen molar-refractivity contribution in [1.82, 2.24) is 4.98 Å². The minimum atomic E-state index is -0.123. The van der Waals surface area contributed by atoms with Crippen LogP contribution in [0.3, 0.4) is 0 Å². The van der Waals surface area contributed by atoms with Crippen LogP contribution in [0.4, 0.5) is 0 Å². The maximum Gasteiger partial charge on any atom is 0.0726 e. The van der Waals surface area contributed by atoms with Gasteiger partial charge < -0.3 is 5.73 Å². The summed E-state index contributed by atoms with van der Waals surface area (Å²) < 4.78 is 0. The summed E-state index contributed by atoms with van der Waals surface area (Å²) in [6, 6.07) is 14.5. The molecule has 2 N–H and O–H groups in total. The molecule has 0 bridgehead atoms. The van der Waals surface area contributed by atoms with Crippen molar-refractivity contribution in [1.29, 1.82) is 0 Å². The van der Waals surface area contributed by atoms with E-state index in [4.69, 9.17) is 5.73 Å². The van der Waals surface area contributed by atoms with Crippen molar-refractivity contribution in [3.8, 4) is 0 Å². The van der Waals surface area contributed by atoms with Gasteiger partial charge in [0.1, 0.15) is 0 Å². The van der Waals surface area contributed by atoms with Crippen molar-refractivity contribution in [3.05, 3.63) is 65.5 Å². The van der Waals surface area contributed by atoms with Crippen LogP contribution in [0.5, 0.6) is 0 Å². The van der Waals surface area contributed by atoms with Crippen molar-refractivity contribution in [2.45, 2.75) is 31.2 Å². The summed E-state index contributed by atoms with van der Waals surface area (Å²) in [5.41, 5.74) is 9.74. The molecule has 0 radical (unpaired) electrons. The molecule has 1 aromatic heterocycles. The molecule has 1 unspecified atom stereocenters. The lowest BCUT2D eigenvalue weighted by Crippen LogP contribution is -2.14. The van der Waals surface area contributed by atoms with E-state index < -0.39 is 0 Å². The number of nitrogens with zero attached hydrogens (tertiary/aromatic N) is 1. The van der Waals surface area contributed by atoms with Crippen LogP contribution in [0.15, 0.2) is 48.7 Å². The highest BCUT2D eigenvalue weighted by Gasteiger charge is 2.19. The Morgan fingerprint density at radius 2 is 1.83 bits per heavy atom. The van der Waals surface area contributed by atoms with E-state index in [1.54, 1.807) is 6.20 Å². The number of pyridine rings is 1. The molecule has 1 aliphatic rings. The van der Waals surface area contributed by atoms with Crippen molar-refractivity contribution in [2.24, 2.45) is 5.73 Å². The second-order valence-electron chi connectivity index (χ2n) is 5.03. The largest absolute Gasteiger partial charge is 0.319 e. The Balaban J connectivity index is 1.80. The summed E-state index contributed by atoms with van der Waals surface area (Å²) >= 11 is 0. The van der Waals surface area contributed by atoms with Gasteiger partial charge in [0.25, 0.3) is 0 Å². The minimum absolute atomic E-state index is 0.123. The van der Waals surface area contributed by atoms with E-state index in [0.717, 1.165) is 17.2 Å². The predicted molar refractivity (Wildman–Crippen MR) is 73.3 cm³/mol. The average Bonchev–Trinajstić information content (AvgIpc) is 2.38. The van der Waals surface area contributed by atoms with Crippen molar-refractivity contribution in [3.63, 3.8) is 0 Å². The van der Waals surface area contributed by atoms with Crippen LogP contribution in [-0.4, -0.2) is 4.98 Å². The molecule has 3 rings (SSSR count). The fourth-order valence-corrected chi connectivity index (χ4v) is 2.45. The Morgan fingerprint density at radius 1 is 1.06 bits per heavy atom. The van der Waals surface area contributed by atoms with E-state index >= 15 is 0 Å². The molecule has 92 valence electrons. The first-order valence-electron chi connectivity index (χ1n) is 6.61. The van der Waals surface area contributed by atoms with Gasteiger partial charge in [0.15, 0.2) is 0 Å². The number of benzene rings is 1. The van der Waals surface area contributed by atoms with Crippen LogP contribution in [0.1, 0.15) is 48.0 Å². The fourth-order valence-electron chi connectivity index (χ4n) is 2.45. The highest BCUT2D eigenvalue weighted by Crippen LogP contribution is 2.36. The fraction of sp³-hybridized carbons (Fsp3) is 0.312. The average molecular weight is 238 g/mol. The minimum Gasteiger partial charge on any atom is -0.319 e. The first kappa shape index (κ1) is 11.4. The van der Waals surface area contributed by atoms with Crippen LogP contribution >= 0.6 is 0 Å². The summed E-state index contributed by atoms with van der Waals surface area (Å²) in [4.78, 5) is 4.31. The Bertz CT molecular complexity index is 500. The summed E-state index contributed by atoms with van der Waals surface area (Å²) in [6.45, 7) is 0. The highest BCUT2D eigenvalue weighted by molar-refractivity contribution is 5.32. The third-order valence-electron chi connectivity index (χ3n) is 3.88. The summed E-state index contributed by atoms with van der Waals surface area (Å²) in [5.74, 6) is 0.783. The molecule has 1 aromatic carbocycles. The van der Waals surface area contributed by atoms with E-state index in [0.29, 0.717) is 0 Å². The zero-order chi connectivity index (χ0) is 12.4. The standard InChI is InChI=1S/C16H18N2/c17-16(15-6-1-2-11-18-15)14-9-7-13(8-10-14)12-4-3-5-12/h1-2,6-12,16H,3-5,17H2. The molecule has 0 amide bonds. The number of hydrogen-bond donors (Lipinski definition) is 1. The zero-order valence-corrected chi connectivity index (χ0v) is 10.4. The normalized spacial score (nSPS) is 17.2. The van der Waals surface area contributed by atoms with Crippen molar-refractivity contribution in [2.75, 3.05) is 0 Å². The van der Waals surface area contributed by atoms with Crippen LogP contribution < -0.4 is 5.73 Å². The molecule has 2 heteroatoms. The number of rotatable bonds is 3. The van der Waals surface area contributed by atoms with Crippen molar-refractivity contribution >= 4 is 0 Å². The molecule has 0 spiro atoms. The van der Waals surface area contributed by atoms with Gasteiger partial charge in [0, 0.05) is 6.20 Å². The lowest BCUT2D eigenvalue weighted by molar-refractivity contribution is 0.419. The first-order valence-corrected chi connectivity index (χ1v) is 6.61. The smallest absolute Gasteiger partial charge is 0.0726 e. The van der Waals surface area contributed by atoms with Gasteiger partial charge in [-0.15, -0.1) is 0 Å². The number of nitrogens with two attached hydrogens (primary N) is 1. The van der Waals surface area contributed by atoms with Gasteiger partial charge in [-0.3, -0.25) is 4.98 Å².